The van der Waals surface area contributed by atoms with Gasteiger partial charge in [-0.15, -0.1) is 0 Å². The smallest absolute Gasteiger partial charge is 0.285 e. The van der Waals surface area contributed by atoms with E-state index < -0.39 is 4.92 Å². The van der Waals surface area contributed by atoms with E-state index in [2.05, 4.69) is 9.98 Å². The number of nitro groups is 1. The Kier molecular flexibility index (Phi) is 2.10. The number of ether oxygens (including phenoxy) is 1. The minimum atomic E-state index is -0.471. The molecule has 0 atom stereocenters. The zero-order chi connectivity index (χ0) is 9.97. The van der Waals surface area contributed by atoms with Crippen molar-refractivity contribution in [3.63, 3.8) is 0 Å². The van der Waals surface area contributed by atoms with Gasteiger partial charge in [0.2, 0.25) is 5.90 Å². The van der Waals surface area contributed by atoms with Gasteiger partial charge in [0.1, 0.15) is 12.2 Å². The number of pyridine rings is 1. The molecular weight excluding hydrogens is 186 g/mol. The monoisotopic (exact) mass is 193 g/mol. The van der Waals surface area contributed by atoms with Gasteiger partial charge in [0.25, 0.3) is 5.69 Å². The molecular formula is C8H7N3O3. The van der Waals surface area contributed by atoms with E-state index in [0.717, 1.165) is 0 Å². The van der Waals surface area contributed by atoms with Crippen LogP contribution in [-0.2, 0) is 4.74 Å². The summed E-state index contributed by atoms with van der Waals surface area (Å²) in [5, 5.41) is 10.6. The Morgan fingerprint density at radius 1 is 1.57 bits per heavy atom. The summed E-state index contributed by atoms with van der Waals surface area (Å²) in [5.41, 5.74) is 0.315. The molecule has 0 fully saturated rings. The van der Waals surface area contributed by atoms with Crippen molar-refractivity contribution in [1.29, 1.82) is 0 Å². The molecule has 0 aliphatic carbocycles. The van der Waals surface area contributed by atoms with Crippen LogP contribution in [0.15, 0.2) is 23.5 Å². The average Bonchev–Trinajstić information content (AvgIpc) is 2.70. The summed E-state index contributed by atoms with van der Waals surface area (Å²) in [7, 11) is 0. The Morgan fingerprint density at radius 3 is 3.07 bits per heavy atom. The van der Waals surface area contributed by atoms with Gasteiger partial charge in [-0.05, 0) is 0 Å². The largest absolute Gasteiger partial charge is 0.475 e. The van der Waals surface area contributed by atoms with E-state index in [1.807, 2.05) is 0 Å². The molecule has 2 heterocycles. The molecule has 2 rings (SSSR count). The normalized spacial score (nSPS) is 14.7. The lowest BCUT2D eigenvalue weighted by Gasteiger charge is -2.01. The van der Waals surface area contributed by atoms with Crippen molar-refractivity contribution in [1.82, 2.24) is 4.98 Å². The van der Waals surface area contributed by atoms with E-state index in [4.69, 9.17) is 4.74 Å². The quantitative estimate of drug-likeness (QED) is 0.513. The third kappa shape index (κ3) is 1.41. The lowest BCUT2D eigenvalue weighted by molar-refractivity contribution is -0.385. The Morgan fingerprint density at radius 2 is 2.43 bits per heavy atom. The molecule has 1 aliphatic heterocycles. The molecule has 6 nitrogen and oxygen atoms in total. The molecule has 1 aromatic rings. The average molecular weight is 193 g/mol. The number of hydrogen-bond donors (Lipinski definition) is 0. The number of aromatic nitrogens is 1. The fraction of sp³-hybridized carbons (Fsp3) is 0.250. The maximum Gasteiger partial charge on any atom is 0.285 e. The van der Waals surface area contributed by atoms with Crippen molar-refractivity contribution in [2.24, 2.45) is 4.99 Å². The van der Waals surface area contributed by atoms with Gasteiger partial charge >= 0.3 is 0 Å². The lowest BCUT2D eigenvalue weighted by atomic mass is 10.2. The highest BCUT2D eigenvalue weighted by Crippen LogP contribution is 2.19. The van der Waals surface area contributed by atoms with E-state index in [0.29, 0.717) is 24.6 Å². The first-order valence-corrected chi connectivity index (χ1v) is 4.05. The van der Waals surface area contributed by atoms with Crippen LogP contribution in [0.4, 0.5) is 5.69 Å². The van der Waals surface area contributed by atoms with Crippen LogP contribution in [0.1, 0.15) is 5.56 Å². The van der Waals surface area contributed by atoms with Crippen molar-refractivity contribution >= 4 is 11.6 Å². The van der Waals surface area contributed by atoms with Crippen LogP contribution in [0.25, 0.3) is 0 Å². The summed E-state index contributed by atoms with van der Waals surface area (Å²) in [6.07, 6.45) is 2.76. The molecule has 0 bridgehead atoms. The molecule has 0 unspecified atom stereocenters. The molecule has 0 spiro atoms. The molecule has 0 radical (unpaired) electrons. The zero-order valence-electron chi connectivity index (χ0n) is 7.21. The molecule has 72 valence electrons. The van der Waals surface area contributed by atoms with Crippen LogP contribution in [0.5, 0.6) is 0 Å². The van der Waals surface area contributed by atoms with Crippen LogP contribution >= 0.6 is 0 Å². The fourth-order valence-electron chi connectivity index (χ4n) is 1.21. The third-order valence-electron chi connectivity index (χ3n) is 1.81. The van der Waals surface area contributed by atoms with Gasteiger partial charge in [0, 0.05) is 18.5 Å². The predicted octanol–water partition coefficient (Wildman–Crippen LogP) is 0.767. The molecule has 1 aliphatic rings. The Hall–Kier alpha value is -1.98. The first kappa shape index (κ1) is 8.61. The van der Waals surface area contributed by atoms with E-state index in [9.17, 15) is 10.1 Å². The number of aliphatic imine (C=N–C) groups is 1. The van der Waals surface area contributed by atoms with Crippen LogP contribution < -0.4 is 0 Å². The van der Waals surface area contributed by atoms with Crippen molar-refractivity contribution in [3.8, 4) is 0 Å². The van der Waals surface area contributed by atoms with Crippen LogP contribution in [0.3, 0.4) is 0 Å². The van der Waals surface area contributed by atoms with Crippen LogP contribution in [0, 0.1) is 10.1 Å². The summed E-state index contributed by atoms with van der Waals surface area (Å²) < 4.78 is 5.14. The van der Waals surface area contributed by atoms with E-state index in [1.54, 1.807) is 0 Å². The molecule has 0 N–H and O–H groups in total. The number of nitrogens with zero attached hydrogens (tertiary/aromatic N) is 3. The Labute approximate surface area is 79.4 Å². The molecule has 1 aromatic heterocycles. The predicted molar refractivity (Wildman–Crippen MR) is 48.2 cm³/mol. The van der Waals surface area contributed by atoms with Gasteiger partial charge < -0.3 is 4.74 Å². The van der Waals surface area contributed by atoms with E-state index >= 15 is 0 Å². The summed E-state index contributed by atoms with van der Waals surface area (Å²) in [5.74, 6) is 0.310. The summed E-state index contributed by atoms with van der Waals surface area (Å²) in [6, 6.07) is 1.33. The van der Waals surface area contributed by atoms with E-state index in [1.165, 1.54) is 18.5 Å². The maximum atomic E-state index is 10.6. The molecule has 0 amide bonds. The topological polar surface area (TPSA) is 77.6 Å². The zero-order valence-corrected chi connectivity index (χ0v) is 7.21. The standard InChI is InChI=1S/C8H7N3O3/c12-11(13)7-1-2-9-5-6(7)8-10-3-4-14-8/h1-2,5H,3-4H2. The Balaban J connectivity index is 2.46. The molecule has 0 saturated carbocycles. The van der Waals surface area contributed by atoms with Gasteiger partial charge in [-0.2, -0.15) is 0 Å². The van der Waals surface area contributed by atoms with Crippen LogP contribution in [-0.4, -0.2) is 29.0 Å². The van der Waals surface area contributed by atoms with Crippen LogP contribution in [0.2, 0.25) is 0 Å². The second-order valence-corrected chi connectivity index (χ2v) is 2.69. The summed E-state index contributed by atoms with van der Waals surface area (Å²) >= 11 is 0. The first-order chi connectivity index (χ1) is 6.79. The van der Waals surface area contributed by atoms with Gasteiger partial charge in [-0.1, -0.05) is 0 Å². The maximum absolute atomic E-state index is 10.6. The summed E-state index contributed by atoms with van der Waals surface area (Å²) in [4.78, 5) is 18.0. The minimum Gasteiger partial charge on any atom is -0.475 e. The molecule has 6 heteroatoms. The van der Waals surface area contributed by atoms with E-state index in [-0.39, 0.29) is 5.69 Å². The highest BCUT2D eigenvalue weighted by Gasteiger charge is 2.21. The van der Waals surface area contributed by atoms with Crippen molar-refractivity contribution < 1.29 is 9.66 Å². The number of rotatable bonds is 2. The van der Waals surface area contributed by atoms with Crippen molar-refractivity contribution in [2.75, 3.05) is 13.2 Å². The van der Waals surface area contributed by atoms with Gasteiger partial charge in [0.15, 0.2) is 0 Å². The molecule has 14 heavy (non-hydrogen) atoms. The minimum absolute atomic E-state index is 0.0272. The number of hydrogen-bond acceptors (Lipinski definition) is 5. The fourth-order valence-corrected chi connectivity index (χ4v) is 1.21. The van der Waals surface area contributed by atoms with Gasteiger partial charge in [-0.25, -0.2) is 4.99 Å². The molecule has 0 saturated heterocycles. The summed E-state index contributed by atoms with van der Waals surface area (Å²) in [6.45, 7) is 1.02. The second kappa shape index (κ2) is 3.41. The first-order valence-electron chi connectivity index (χ1n) is 4.05. The lowest BCUT2D eigenvalue weighted by Crippen LogP contribution is -2.05. The third-order valence-corrected chi connectivity index (χ3v) is 1.81. The highest BCUT2D eigenvalue weighted by atomic mass is 16.6. The second-order valence-electron chi connectivity index (χ2n) is 2.69. The SMILES string of the molecule is O=[N+]([O-])c1ccncc1C1=NCCO1. The van der Waals surface area contributed by atoms with Crippen molar-refractivity contribution in [2.45, 2.75) is 0 Å². The van der Waals surface area contributed by atoms with Gasteiger partial charge in [-0.3, -0.25) is 15.1 Å². The van der Waals surface area contributed by atoms with Gasteiger partial charge in [0.05, 0.1) is 11.5 Å². The Bertz CT molecular complexity index is 403. The van der Waals surface area contributed by atoms with Crippen molar-refractivity contribution in [3.05, 3.63) is 34.1 Å². The highest BCUT2D eigenvalue weighted by molar-refractivity contribution is 5.98. The molecule has 0 aromatic carbocycles.